The van der Waals surface area contributed by atoms with Crippen molar-refractivity contribution in [3.63, 3.8) is 0 Å². The summed E-state index contributed by atoms with van der Waals surface area (Å²) in [4.78, 5) is 21.3. The third-order valence-corrected chi connectivity index (χ3v) is 13.3. The fourth-order valence-corrected chi connectivity index (χ4v) is 9.08. The smallest absolute Gasteiger partial charge is 0.228 e. The summed E-state index contributed by atoms with van der Waals surface area (Å²) in [7, 11) is 0. The summed E-state index contributed by atoms with van der Waals surface area (Å²) in [5.74, 6) is 0.106. The molecule has 504 valence electrons. The van der Waals surface area contributed by atoms with Crippen LogP contribution < -0.4 is 10.6 Å². The Hall–Kier alpha value is -9.61. The van der Waals surface area contributed by atoms with Crippen LogP contribution in [0.15, 0.2) is 213 Å². The molecular weight excluding hydrogens is 1150 g/mol. The molecule has 6 N–H and O–H groups in total. The van der Waals surface area contributed by atoms with Crippen LogP contribution in [0, 0.1) is 48.5 Å². The summed E-state index contributed by atoms with van der Waals surface area (Å²) in [5, 5.41) is 28.6. The molecule has 11 heteroatoms. The number of rotatable bonds is 0. The van der Waals surface area contributed by atoms with E-state index in [-0.39, 0.29) is 5.91 Å². The predicted molar refractivity (Wildman–Crippen MR) is 416 cm³/mol. The Morgan fingerprint density at radius 1 is 0.404 bits per heavy atom. The molecule has 2 aliphatic heterocycles. The lowest BCUT2D eigenvalue weighted by Gasteiger charge is -1.99. The maximum atomic E-state index is 10.9. The molecule has 1 amide bonds. The van der Waals surface area contributed by atoms with Crippen LogP contribution in [0.1, 0.15) is 161 Å². The average Bonchev–Trinajstić information content (AvgIpc) is 1.57. The molecule has 0 radical (unpaired) electrons. The van der Waals surface area contributed by atoms with Crippen LogP contribution in [0.4, 0.5) is 11.4 Å². The van der Waals surface area contributed by atoms with Crippen molar-refractivity contribution >= 4 is 71.9 Å². The Labute approximate surface area is 566 Å². The Bertz CT molecular complexity index is 3750. The molecule has 0 unspecified atom stereocenters. The van der Waals surface area contributed by atoms with Crippen LogP contribution in [-0.2, 0) is 17.6 Å². The second kappa shape index (κ2) is 51.9. The van der Waals surface area contributed by atoms with Gasteiger partial charge in [0.25, 0.3) is 0 Å². The maximum absolute atomic E-state index is 10.9. The molecule has 0 atom stereocenters. The second-order valence-corrected chi connectivity index (χ2v) is 19.2. The standard InChI is InChI=1S/C11H10.C9H9NO.2C8H8N2.C8H9N.C8H7N.C8H10.C7H7N3.8C2H6/c1-9-5-4-7-10-6-2-3-8-11(9)10;1-6-3-2-4-8-7(6)5-9(11)10-8;1-6-3-2-4-8-7(6)5-9-10-8;1-6-3-2-4-7-8(6)10-5-9-7;2*1-2-4-8-7(3-1)5-6-9-8;1-7-4-3-5-8(2)6-7;1-5-3-2-4-6-7(5)9-10-8-6;8*1-2/h2-8H,1H3;2-4H,5H2,1H3,(H,10,11);2*2-5H,1H3,(H,9,10);1-4,9H,5-6H2;1-6,9H;3-6H,1-2H3;2-4H,1H3,(H,8,9,10);8*1-2H3. The topological polar surface area (TPSA) is 156 Å². The molecule has 9 aromatic carbocycles. The lowest BCUT2D eigenvalue weighted by Crippen LogP contribution is -2.03. The van der Waals surface area contributed by atoms with Gasteiger partial charge >= 0.3 is 0 Å². The Balaban J connectivity index is 0.00000102. The van der Waals surface area contributed by atoms with Crippen LogP contribution >= 0.6 is 0 Å². The van der Waals surface area contributed by atoms with Gasteiger partial charge in [-0.25, -0.2) is 4.98 Å². The third kappa shape index (κ3) is 28.9. The largest absolute Gasteiger partial charge is 0.384 e. The molecule has 0 fully saturated rings. The number of fused-ring (bicyclic) bond motifs is 7. The number of hydrogen-bond donors (Lipinski definition) is 6. The van der Waals surface area contributed by atoms with Crippen molar-refractivity contribution in [3.8, 4) is 0 Å². The van der Waals surface area contributed by atoms with Crippen molar-refractivity contribution in [1.29, 1.82) is 0 Å². The first kappa shape index (κ1) is 84.4. The molecule has 0 spiro atoms. The van der Waals surface area contributed by atoms with E-state index in [1.165, 1.54) is 78.1 Å². The van der Waals surface area contributed by atoms with Crippen molar-refractivity contribution in [3.05, 3.63) is 263 Å². The molecule has 0 bridgehead atoms. The average molecular weight is 1270 g/mol. The normalized spacial score (nSPS) is 9.93. The van der Waals surface area contributed by atoms with Crippen molar-refractivity contribution < 1.29 is 4.79 Å². The zero-order valence-electron chi connectivity index (χ0n) is 61.5. The van der Waals surface area contributed by atoms with Crippen molar-refractivity contribution in [1.82, 2.24) is 40.6 Å². The number of nitrogens with one attached hydrogen (secondary N) is 6. The van der Waals surface area contributed by atoms with Gasteiger partial charge in [-0.1, -0.05) is 274 Å². The molecule has 15 rings (SSSR count). The number of anilines is 2. The SMILES string of the molecule is CC.CC.CC.CC.CC.CC.CC.CC.Cc1cccc(C)c1.Cc1cccc2[nH]cnc12.Cc1cccc2[nH]ncc12.Cc1cccc2c1CC(=O)N2.Cc1cccc2ccccc12.Cc1cccc2n[nH]nc12.c1ccc2[nH]ccc2c1.c1ccc2c(c1)CCN2. The highest BCUT2D eigenvalue weighted by molar-refractivity contribution is 5.99. The molecule has 4 aromatic heterocycles. The number of carbonyl (C=O) groups excluding carboxylic acids is 1. The van der Waals surface area contributed by atoms with Crippen molar-refractivity contribution in [2.75, 3.05) is 17.2 Å². The van der Waals surface area contributed by atoms with Gasteiger partial charge < -0.3 is 20.6 Å². The van der Waals surface area contributed by atoms with Crippen molar-refractivity contribution in [2.45, 2.75) is 172 Å². The Morgan fingerprint density at radius 2 is 0.904 bits per heavy atom. The van der Waals surface area contributed by atoms with Crippen LogP contribution in [0.5, 0.6) is 0 Å². The monoisotopic (exact) mass is 1270 g/mol. The highest BCUT2D eigenvalue weighted by Gasteiger charge is 2.18. The number of aromatic amines is 4. The molecule has 0 aliphatic carbocycles. The van der Waals surface area contributed by atoms with Gasteiger partial charge in [0.15, 0.2) is 0 Å². The fraction of sp³-hybridized carbons (Fsp3) is 0.313. The van der Waals surface area contributed by atoms with Crippen LogP contribution in [0.2, 0.25) is 0 Å². The van der Waals surface area contributed by atoms with Gasteiger partial charge in [0.05, 0.1) is 35.5 Å². The summed E-state index contributed by atoms with van der Waals surface area (Å²) < 4.78 is 0. The van der Waals surface area contributed by atoms with Crippen molar-refractivity contribution in [2.24, 2.45) is 0 Å². The minimum Gasteiger partial charge on any atom is -0.384 e. The third-order valence-electron chi connectivity index (χ3n) is 13.3. The van der Waals surface area contributed by atoms with E-state index in [4.69, 9.17) is 0 Å². The summed E-state index contributed by atoms with van der Waals surface area (Å²) in [6.45, 7) is 47.6. The number of nitrogens with zero attached hydrogens (tertiary/aromatic N) is 4. The molecule has 6 heterocycles. The van der Waals surface area contributed by atoms with Crippen LogP contribution in [-0.4, -0.2) is 53.0 Å². The Kier molecular flexibility index (Phi) is 46.6. The molecule has 0 saturated heterocycles. The van der Waals surface area contributed by atoms with Gasteiger partial charge in [0.2, 0.25) is 5.91 Å². The quantitative estimate of drug-likeness (QED) is 0.0888. The number of imidazole rings is 1. The van der Waals surface area contributed by atoms with E-state index < -0.39 is 0 Å². The molecule has 11 nitrogen and oxygen atoms in total. The van der Waals surface area contributed by atoms with Crippen LogP contribution in [0.3, 0.4) is 0 Å². The lowest BCUT2D eigenvalue weighted by atomic mass is 10.1. The molecule has 94 heavy (non-hydrogen) atoms. The molecule has 2 aliphatic rings. The first-order chi connectivity index (χ1) is 46.0. The number of hydrogen-bond acceptors (Lipinski definition) is 6. The van der Waals surface area contributed by atoms with E-state index in [0.717, 1.165) is 50.9 Å². The van der Waals surface area contributed by atoms with E-state index in [9.17, 15) is 4.79 Å². The number of aromatic nitrogens is 8. The maximum Gasteiger partial charge on any atom is 0.228 e. The molecule has 13 aromatic rings. The number of H-pyrrole nitrogens is 4. The van der Waals surface area contributed by atoms with Gasteiger partial charge in [-0.05, 0) is 152 Å². The number of amides is 1. The van der Waals surface area contributed by atoms with E-state index in [0.29, 0.717) is 6.42 Å². The van der Waals surface area contributed by atoms with Gasteiger partial charge in [-0.15, -0.1) is 0 Å². The number of para-hydroxylation sites is 4. The van der Waals surface area contributed by atoms with E-state index in [2.05, 4.69) is 207 Å². The summed E-state index contributed by atoms with van der Waals surface area (Å²) in [5.41, 5.74) is 20.2. The van der Waals surface area contributed by atoms with Crippen LogP contribution in [0.25, 0.3) is 54.6 Å². The van der Waals surface area contributed by atoms with E-state index in [1.807, 2.05) is 210 Å². The zero-order valence-corrected chi connectivity index (χ0v) is 61.5. The lowest BCUT2D eigenvalue weighted by molar-refractivity contribution is -0.115. The fourth-order valence-electron chi connectivity index (χ4n) is 9.08. The summed E-state index contributed by atoms with van der Waals surface area (Å²) in [6, 6.07) is 66.1. The van der Waals surface area contributed by atoms with E-state index >= 15 is 0 Å². The second-order valence-electron chi connectivity index (χ2n) is 19.2. The van der Waals surface area contributed by atoms with E-state index in [1.54, 1.807) is 6.33 Å². The van der Waals surface area contributed by atoms with Gasteiger partial charge in [0, 0.05) is 35.0 Å². The zero-order chi connectivity index (χ0) is 70.6. The minimum absolute atomic E-state index is 0.106. The summed E-state index contributed by atoms with van der Waals surface area (Å²) in [6.07, 6.45) is 7.26. The summed E-state index contributed by atoms with van der Waals surface area (Å²) >= 11 is 0. The minimum atomic E-state index is 0.106. The number of aryl methyl sites for hydroxylation is 7. The predicted octanol–water partition coefficient (Wildman–Crippen LogP) is 24.0. The van der Waals surface area contributed by atoms with Gasteiger partial charge in [0.1, 0.15) is 11.0 Å². The number of carbonyl (C=O) groups is 1. The van der Waals surface area contributed by atoms with Gasteiger partial charge in [-0.2, -0.15) is 20.5 Å². The molecular formula is C83H116N10O. The number of benzene rings is 9. The highest BCUT2D eigenvalue weighted by Crippen LogP contribution is 2.25. The highest BCUT2D eigenvalue weighted by atomic mass is 16.1. The first-order valence-corrected chi connectivity index (χ1v) is 34.2. The Morgan fingerprint density at radius 3 is 1.49 bits per heavy atom. The molecule has 0 saturated carbocycles. The first-order valence-electron chi connectivity index (χ1n) is 34.2. The van der Waals surface area contributed by atoms with Gasteiger partial charge in [-0.3, -0.25) is 9.89 Å².